The Morgan fingerprint density at radius 3 is 1.59 bits per heavy atom. The zero-order valence-electron chi connectivity index (χ0n) is 43.8. The molecule has 5 aromatic rings. The van der Waals surface area contributed by atoms with Crippen LogP contribution in [0.3, 0.4) is 0 Å². The molecule has 20 nitrogen and oxygen atoms in total. The number of fused-ring (bicyclic) bond motifs is 1. The van der Waals surface area contributed by atoms with Gasteiger partial charge < -0.3 is 64.0 Å². The van der Waals surface area contributed by atoms with Crippen molar-refractivity contribution in [3.63, 3.8) is 0 Å². The Hall–Kier alpha value is -7.50. The lowest BCUT2D eigenvalue weighted by Crippen LogP contribution is -2.62. The Labute approximate surface area is 466 Å². The number of unbranched alkanes of at least 4 members (excludes halogenated alkanes) is 1. The third kappa shape index (κ3) is 18.3. The number of phenolic OH excluding ortho intramolecular Hbond substituents is 1. The number of aromatic hydroxyl groups is 1. The van der Waals surface area contributed by atoms with Gasteiger partial charge in [0, 0.05) is 36.7 Å². The van der Waals surface area contributed by atoms with Crippen molar-refractivity contribution in [1.29, 1.82) is 0 Å². The second-order valence-electron chi connectivity index (χ2n) is 19.5. The van der Waals surface area contributed by atoms with Crippen LogP contribution >= 0.6 is 21.6 Å². The summed E-state index contributed by atoms with van der Waals surface area (Å²) >= 11 is 0. The molecule has 1 fully saturated rings. The molecule has 0 aromatic heterocycles. The molecule has 10 atom stereocenters. The van der Waals surface area contributed by atoms with E-state index in [9.17, 15) is 44.1 Å². The van der Waals surface area contributed by atoms with Gasteiger partial charge in [0.1, 0.15) is 48.0 Å². The highest BCUT2D eigenvalue weighted by molar-refractivity contribution is 8.76. The zero-order chi connectivity index (χ0) is 57.0. The van der Waals surface area contributed by atoms with E-state index in [2.05, 4.69) is 37.2 Å². The molecule has 22 heteroatoms. The first-order valence-electron chi connectivity index (χ1n) is 26.0. The van der Waals surface area contributed by atoms with Crippen LogP contribution in [-0.4, -0.2) is 135 Å². The number of benzene rings is 5. The van der Waals surface area contributed by atoms with E-state index in [1.54, 1.807) is 85.8 Å². The molecule has 0 spiro atoms. The lowest BCUT2D eigenvalue weighted by atomic mass is 9.90. The van der Waals surface area contributed by atoms with Crippen LogP contribution in [0.1, 0.15) is 61.3 Å². The van der Waals surface area contributed by atoms with E-state index >= 15 is 9.59 Å². The summed E-state index contributed by atoms with van der Waals surface area (Å²) < 4.78 is 0. The average molecular weight is 1120 g/mol. The second-order valence-corrected chi connectivity index (χ2v) is 22.0. The number of amides is 7. The van der Waals surface area contributed by atoms with Gasteiger partial charge in [-0.1, -0.05) is 144 Å². The number of carbonyl (C=O) groups is 8. The first-order chi connectivity index (χ1) is 37.9. The quantitative estimate of drug-likeness (QED) is 0.0560. The van der Waals surface area contributed by atoms with Crippen molar-refractivity contribution in [1.82, 2.24) is 37.2 Å². The van der Waals surface area contributed by atoms with Crippen LogP contribution < -0.4 is 48.7 Å². The fourth-order valence-corrected chi connectivity index (χ4v) is 11.1. The fourth-order valence-electron chi connectivity index (χ4n) is 8.81. The third-order valence-electron chi connectivity index (χ3n) is 13.4. The van der Waals surface area contributed by atoms with Crippen molar-refractivity contribution in [2.24, 2.45) is 11.5 Å². The smallest absolute Gasteiger partial charge is 0.327 e. The number of rotatable bonds is 14. The summed E-state index contributed by atoms with van der Waals surface area (Å²) in [6, 6.07) is 24.9. The summed E-state index contributed by atoms with van der Waals surface area (Å²) in [4.78, 5) is 114. The minimum atomic E-state index is -1.71. The predicted molar refractivity (Wildman–Crippen MR) is 303 cm³/mol. The summed E-state index contributed by atoms with van der Waals surface area (Å²) in [6.07, 6.45) is -1.18. The van der Waals surface area contributed by atoms with Crippen molar-refractivity contribution in [2.45, 2.75) is 113 Å². The summed E-state index contributed by atoms with van der Waals surface area (Å²) in [6.45, 7) is 3.20. The standard InChI is InChI=1S/C57H69N9O11S2/c1-33(39-23-22-38-17-9-10-18-40(38)30-39)48-55(74)60-43(19-11-12-26-58)51(70)66-49(34(2)67)56(75)63-45(28-36-15-7-4-8-16-36)53(72)64-47(57(76)77)32-79-78-31-42(59)50(69)61-44(27-35-13-5-3-6-14-35)52(71)62-46(54(73)65-48)29-37-20-24-41(68)25-21-37/h3-10,13-18,20-25,30,33-34,42-49,67-68H,11-12,19,26-29,31-32,58-59H2,1-2H3,(H,60,74)(H,61,69)(H,62,71)(H,63,75)(H,64,72)(H,65,73)(H,66,70)(H,76,77)/t33-,34+,42+,43-,44-,45-,46-,47-,48-,49-/m0/s1. The van der Waals surface area contributed by atoms with E-state index < -0.39 is 108 Å². The number of hydrogen-bond donors (Lipinski definition) is 12. The average Bonchev–Trinajstić information content (AvgIpc) is 3.46. The number of carbonyl (C=O) groups excluding carboxylic acids is 7. The zero-order valence-corrected chi connectivity index (χ0v) is 45.5. The van der Waals surface area contributed by atoms with E-state index in [0.29, 0.717) is 35.1 Å². The van der Waals surface area contributed by atoms with Gasteiger partial charge >= 0.3 is 5.97 Å². The molecule has 0 unspecified atom stereocenters. The Kier molecular flexibility index (Phi) is 23.1. The maximum Gasteiger partial charge on any atom is 0.327 e. The van der Waals surface area contributed by atoms with Crippen molar-refractivity contribution >= 4 is 79.7 Å². The van der Waals surface area contributed by atoms with Crippen LogP contribution in [0.25, 0.3) is 10.8 Å². The van der Waals surface area contributed by atoms with E-state index in [1.807, 2.05) is 36.4 Å². The summed E-state index contributed by atoms with van der Waals surface area (Å²) in [5, 5.41) is 52.0. The molecular formula is C57H69N9O11S2. The van der Waals surface area contributed by atoms with E-state index in [1.165, 1.54) is 19.1 Å². The molecule has 0 saturated carbocycles. The maximum absolute atomic E-state index is 15.1. The molecule has 420 valence electrons. The molecule has 6 rings (SSSR count). The molecule has 1 aliphatic rings. The number of hydrogen-bond acceptors (Lipinski definition) is 14. The molecule has 7 amide bonds. The minimum absolute atomic E-state index is 0.0163. The predicted octanol–water partition coefficient (Wildman–Crippen LogP) is 2.09. The fraction of sp³-hybridized carbons (Fsp3) is 0.368. The van der Waals surface area contributed by atoms with Crippen molar-refractivity contribution < 1.29 is 53.7 Å². The molecular weight excluding hydrogens is 1050 g/mol. The van der Waals surface area contributed by atoms with Gasteiger partial charge in [-0.05, 0) is 77.9 Å². The highest BCUT2D eigenvalue weighted by atomic mass is 33.1. The largest absolute Gasteiger partial charge is 0.508 e. The number of carboxylic acids is 1. The second kappa shape index (κ2) is 30.0. The number of aliphatic hydroxyl groups excluding tert-OH is 1. The summed E-state index contributed by atoms with van der Waals surface area (Å²) in [7, 11) is 2.04. The maximum atomic E-state index is 15.1. The summed E-state index contributed by atoms with van der Waals surface area (Å²) in [5.74, 6) is -8.54. The molecule has 14 N–H and O–H groups in total. The highest BCUT2D eigenvalue weighted by Crippen LogP contribution is 2.26. The number of aliphatic hydroxyl groups is 1. The van der Waals surface area contributed by atoms with Crippen LogP contribution in [0, 0.1) is 0 Å². The van der Waals surface area contributed by atoms with E-state index in [0.717, 1.165) is 32.4 Å². The SMILES string of the molecule is C[C@@H](O)[C@@H]1NC(=O)[C@H](CCCCN)NC(=O)[C@H]([C@@H](C)c2ccc3ccccc3c2)NC(=O)[C@H](Cc2ccc(O)cc2)NC(=O)[C@H](Cc2ccccc2)NC(=O)[C@H](N)CSSC[C@@H](C(=O)O)NC(=O)[C@H](Cc2ccccc2)NC1=O. The lowest BCUT2D eigenvalue weighted by Gasteiger charge is -2.31. The van der Waals surface area contributed by atoms with Crippen LogP contribution in [0.4, 0.5) is 0 Å². The van der Waals surface area contributed by atoms with Gasteiger partial charge in [0.05, 0.1) is 12.1 Å². The topological polar surface area (TPSA) is 333 Å². The molecule has 0 radical (unpaired) electrons. The van der Waals surface area contributed by atoms with Gasteiger partial charge in [0.2, 0.25) is 41.4 Å². The number of carboxylic acid groups (broad SMARTS) is 1. The highest BCUT2D eigenvalue weighted by Gasteiger charge is 2.38. The van der Waals surface area contributed by atoms with E-state index in [4.69, 9.17) is 11.5 Å². The molecule has 79 heavy (non-hydrogen) atoms. The van der Waals surface area contributed by atoms with Gasteiger partial charge in [-0.15, -0.1) is 0 Å². The van der Waals surface area contributed by atoms with Crippen LogP contribution in [-0.2, 0) is 57.6 Å². The lowest BCUT2D eigenvalue weighted by molar-refractivity contribution is -0.141. The van der Waals surface area contributed by atoms with Gasteiger partial charge in [-0.25, -0.2) is 4.79 Å². The van der Waals surface area contributed by atoms with Gasteiger partial charge in [-0.3, -0.25) is 33.6 Å². The van der Waals surface area contributed by atoms with Crippen molar-refractivity contribution in [3.05, 3.63) is 150 Å². The van der Waals surface area contributed by atoms with Crippen LogP contribution in [0.2, 0.25) is 0 Å². The Bertz CT molecular complexity index is 2890. The molecule has 1 heterocycles. The third-order valence-corrected chi connectivity index (χ3v) is 15.8. The molecule has 0 bridgehead atoms. The van der Waals surface area contributed by atoms with Crippen LogP contribution in [0.15, 0.2) is 127 Å². The number of phenols is 1. The first-order valence-corrected chi connectivity index (χ1v) is 28.5. The molecule has 1 saturated heterocycles. The Morgan fingerprint density at radius 1 is 0.544 bits per heavy atom. The van der Waals surface area contributed by atoms with Crippen molar-refractivity contribution in [2.75, 3.05) is 18.1 Å². The summed E-state index contributed by atoms with van der Waals surface area (Å²) in [5.41, 5.74) is 14.6. The number of aliphatic carboxylic acids is 1. The number of nitrogens with one attached hydrogen (secondary N) is 7. The molecule has 1 aliphatic heterocycles. The minimum Gasteiger partial charge on any atom is -0.508 e. The van der Waals surface area contributed by atoms with Gasteiger partial charge in [-0.2, -0.15) is 0 Å². The van der Waals surface area contributed by atoms with Crippen molar-refractivity contribution in [3.8, 4) is 5.75 Å². The van der Waals surface area contributed by atoms with Gasteiger partial charge in [0.15, 0.2) is 0 Å². The van der Waals surface area contributed by atoms with Crippen LogP contribution in [0.5, 0.6) is 5.75 Å². The number of nitrogens with two attached hydrogens (primary N) is 2. The van der Waals surface area contributed by atoms with Gasteiger partial charge in [0.25, 0.3) is 0 Å². The molecule has 5 aromatic carbocycles. The molecule has 0 aliphatic carbocycles. The Morgan fingerprint density at radius 2 is 1.01 bits per heavy atom. The monoisotopic (exact) mass is 1120 g/mol. The van der Waals surface area contributed by atoms with E-state index in [-0.39, 0.29) is 49.5 Å². The first kappa shape index (κ1) is 60.7. The normalized spacial score (nSPS) is 23.6. The Balaban J connectivity index is 1.42.